The van der Waals surface area contributed by atoms with Gasteiger partial charge >= 0.3 is 11.9 Å². The molecule has 2 aromatic rings. The minimum Gasteiger partial charge on any atom is -0.457 e. The topological polar surface area (TPSA) is 78.1 Å². The molecule has 0 aliphatic carbocycles. The number of furan rings is 1. The van der Waals surface area contributed by atoms with Crippen molar-refractivity contribution in [1.82, 2.24) is 0 Å². The Morgan fingerprint density at radius 3 is 2.78 bits per heavy atom. The maximum absolute atomic E-state index is 11.5. The van der Waals surface area contributed by atoms with Gasteiger partial charge in [-0.2, -0.15) is 0 Å². The van der Waals surface area contributed by atoms with Gasteiger partial charge in [0.25, 0.3) is 0 Å². The van der Waals surface area contributed by atoms with Crippen LogP contribution in [-0.2, 0) is 21.0 Å². The van der Waals surface area contributed by atoms with Gasteiger partial charge in [-0.05, 0) is 37.3 Å². The molecular weight excluding hydrogens is 298 g/mol. The van der Waals surface area contributed by atoms with Gasteiger partial charge in [0.2, 0.25) is 0 Å². The molecule has 3 heterocycles. The number of fused-ring (bicyclic) bond motifs is 1. The standard InChI is InChI=1S/C17H11NO5/c1-9-14(17(20)23-18-9)7-12-3-5-15(22-12)10-2-4-13-11(6-10)8-21-16(13)19/h2-7H,8H2,1H3/b14-7-. The van der Waals surface area contributed by atoms with Gasteiger partial charge in [-0.1, -0.05) is 11.2 Å². The third-order valence-corrected chi connectivity index (χ3v) is 3.76. The fraction of sp³-hybridized carbons (Fsp3) is 0.118. The van der Waals surface area contributed by atoms with Crippen molar-refractivity contribution in [2.45, 2.75) is 13.5 Å². The first kappa shape index (κ1) is 13.5. The summed E-state index contributed by atoms with van der Waals surface area (Å²) in [6.45, 7) is 1.97. The zero-order valence-corrected chi connectivity index (χ0v) is 12.2. The lowest BCUT2D eigenvalue weighted by Crippen LogP contribution is -2.01. The predicted molar refractivity (Wildman–Crippen MR) is 80.4 cm³/mol. The number of nitrogens with zero attached hydrogens (tertiary/aromatic N) is 1. The number of hydrogen-bond acceptors (Lipinski definition) is 6. The third-order valence-electron chi connectivity index (χ3n) is 3.76. The van der Waals surface area contributed by atoms with Gasteiger partial charge in [0.05, 0.1) is 16.8 Å². The van der Waals surface area contributed by atoms with Crippen LogP contribution in [0.1, 0.15) is 28.6 Å². The Labute approximate surface area is 131 Å². The van der Waals surface area contributed by atoms with Crippen molar-refractivity contribution in [3.8, 4) is 11.3 Å². The lowest BCUT2D eigenvalue weighted by Gasteiger charge is -1.99. The first-order valence-corrected chi connectivity index (χ1v) is 7.00. The Kier molecular flexibility index (Phi) is 2.90. The summed E-state index contributed by atoms with van der Waals surface area (Å²) in [6, 6.07) is 8.96. The van der Waals surface area contributed by atoms with E-state index in [0.717, 1.165) is 11.1 Å². The van der Waals surface area contributed by atoms with E-state index in [1.54, 1.807) is 37.3 Å². The highest BCUT2D eigenvalue weighted by Crippen LogP contribution is 2.29. The van der Waals surface area contributed by atoms with Crippen LogP contribution in [0.15, 0.2) is 45.5 Å². The summed E-state index contributed by atoms with van der Waals surface area (Å²) >= 11 is 0. The van der Waals surface area contributed by atoms with Gasteiger partial charge in [0, 0.05) is 11.1 Å². The molecule has 0 radical (unpaired) electrons. The van der Waals surface area contributed by atoms with E-state index in [1.807, 2.05) is 6.07 Å². The van der Waals surface area contributed by atoms with Crippen LogP contribution in [0.4, 0.5) is 0 Å². The van der Waals surface area contributed by atoms with Gasteiger partial charge in [-0.25, -0.2) is 9.59 Å². The van der Waals surface area contributed by atoms with Crippen LogP contribution in [0, 0.1) is 0 Å². The summed E-state index contributed by atoms with van der Waals surface area (Å²) in [5.74, 6) is 0.371. The summed E-state index contributed by atoms with van der Waals surface area (Å²) in [5, 5.41) is 3.62. The lowest BCUT2D eigenvalue weighted by molar-refractivity contribution is -0.136. The molecule has 0 bridgehead atoms. The van der Waals surface area contributed by atoms with Gasteiger partial charge in [0.15, 0.2) is 0 Å². The summed E-state index contributed by atoms with van der Waals surface area (Å²) in [6.07, 6.45) is 1.59. The summed E-state index contributed by atoms with van der Waals surface area (Å²) in [7, 11) is 0. The number of hydrogen-bond donors (Lipinski definition) is 0. The molecule has 2 aliphatic rings. The second kappa shape index (κ2) is 4.95. The van der Waals surface area contributed by atoms with E-state index in [0.29, 0.717) is 28.4 Å². The van der Waals surface area contributed by atoms with Crippen molar-refractivity contribution in [3.05, 3.63) is 52.8 Å². The van der Waals surface area contributed by atoms with Crippen molar-refractivity contribution >= 4 is 23.7 Å². The van der Waals surface area contributed by atoms with E-state index in [-0.39, 0.29) is 12.6 Å². The molecule has 1 aromatic heterocycles. The normalized spacial score (nSPS) is 18.0. The number of oxime groups is 1. The fourth-order valence-corrected chi connectivity index (χ4v) is 2.53. The Morgan fingerprint density at radius 2 is 2.00 bits per heavy atom. The number of carbonyl (C=O) groups excluding carboxylic acids is 2. The minimum absolute atomic E-state index is 0.279. The Hall–Kier alpha value is -3.15. The number of carbonyl (C=O) groups is 2. The van der Waals surface area contributed by atoms with Crippen LogP contribution in [0.3, 0.4) is 0 Å². The molecular formula is C17H11NO5. The van der Waals surface area contributed by atoms with E-state index in [2.05, 4.69) is 9.99 Å². The molecule has 2 aliphatic heterocycles. The molecule has 0 unspecified atom stereocenters. The lowest BCUT2D eigenvalue weighted by atomic mass is 10.0. The number of cyclic esters (lactones) is 1. The Balaban J connectivity index is 1.67. The molecule has 0 amide bonds. The molecule has 0 saturated carbocycles. The fourth-order valence-electron chi connectivity index (χ4n) is 2.53. The Morgan fingerprint density at radius 1 is 1.13 bits per heavy atom. The van der Waals surface area contributed by atoms with Crippen molar-refractivity contribution in [3.63, 3.8) is 0 Å². The molecule has 0 N–H and O–H groups in total. The molecule has 0 fully saturated rings. The number of esters is 1. The first-order chi connectivity index (χ1) is 11.1. The molecule has 23 heavy (non-hydrogen) atoms. The summed E-state index contributed by atoms with van der Waals surface area (Å²) in [4.78, 5) is 27.6. The minimum atomic E-state index is -0.492. The number of benzene rings is 1. The second-order valence-electron chi connectivity index (χ2n) is 5.26. The van der Waals surface area contributed by atoms with Crippen LogP contribution in [0.5, 0.6) is 0 Å². The zero-order chi connectivity index (χ0) is 16.0. The second-order valence-corrected chi connectivity index (χ2v) is 5.26. The van der Waals surface area contributed by atoms with Crippen LogP contribution in [0.2, 0.25) is 0 Å². The van der Waals surface area contributed by atoms with Crippen LogP contribution in [0.25, 0.3) is 17.4 Å². The van der Waals surface area contributed by atoms with Crippen LogP contribution in [-0.4, -0.2) is 17.7 Å². The smallest absolute Gasteiger partial charge is 0.367 e. The summed E-state index contributed by atoms with van der Waals surface area (Å²) in [5.41, 5.74) is 3.15. The van der Waals surface area contributed by atoms with Gasteiger partial charge in [0.1, 0.15) is 18.1 Å². The maximum atomic E-state index is 11.5. The van der Waals surface area contributed by atoms with Crippen molar-refractivity contribution in [1.29, 1.82) is 0 Å². The Bertz CT molecular complexity index is 903. The molecule has 4 rings (SSSR count). The highest BCUT2D eigenvalue weighted by atomic mass is 16.7. The van der Waals surface area contributed by atoms with E-state index < -0.39 is 5.97 Å². The van der Waals surface area contributed by atoms with Gasteiger partial charge < -0.3 is 14.0 Å². The molecule has 6 heteroatoms. The number of rotatable bonds is 2. The zero-order valence-electron chi connectivity index (χ0n) is 12.2. The van der Waals surface area contributed by atoms with Crippen molar-refractivity contribution in [2.75, 3.05) is 0 Å². The monoisotopic (exact) mass is 309 g/mol. The third kappa shape index (κ3) is 2.24. The largest absolute Gasteiger partial charge is 0.457 e. The van der Waals surface area contributed by atoms with Gasteiger partial charge in [-0.15, -0.1) is 0 Å². The number of ether oxygens (including phenoxy) is 1. The average Bonchev–Trinajstić information content (AvgIpc) is 3.24. The summed E-state index contributed by atoms with van der Waals surface area (Å²) < 4.78 is 10.7. The SMILES string of the molecule is CC1=NOC(=O)/C1=C\c1ccc(-c2ccc3c(c2)COC3=O)o1. The molecule has 114 valence electrons. The van der Waals surface area contributed by atoms with Crippen molar-refractivity contribution < 1.29 is 23.6 Å². The quantitative estimate of drug-likeness (QED) is 0.484. The van der Waals surface area contributed by atoms with E-state index >= 15 is 0 Å². The highest BCUT2D eigenvalue weighted by molar-refractivity contribution is 6.24. The first-order valence-electron chi connectivity index (χ1n) is 7.00. The van der Waals surface area contributed by atoms with E-state index in [9.17, 15) is 9.59 Å². The predicted octanol–water partition coefficient (Wildman–Crippen LogP) is 2.93. The molecule has 1 aromatic carbocycles. The van der Waals surface area contributed by atoms with Crippen LogP contribution >= 0.6 is 0 Å². The van der Waals surface area contributed by atoms with E-state index in [1.165, 1.54) is 0 Å². The van der Waals surface area contributed by atoms with Gasteiger partial charge in [-0.3, -0.25) is 0 Å². The maximum Gasteiger partial charge on any atom is 0.367 e. The molecule has 0 saturated heterocycles. The van der Waals surface area contributed by atoms with Crippen LogP contribution < -0.4 is 0 Å². The molecule has 6 nitrogen and oxygen atoms in total. The highest BCUT2D eigenvalue weighted by Gasteiger charge is 2.23. The van der Waals surface area contributed by atoms with Crippen molar-refractivity contribution in [2.24, 2.45) is 5.16 Å². The molecule has 0 atom stereocenters. The molecule has 0 spiro atoms. The average molecular weight is 309 g/mol. The van der Waals surface area contributed by atoms with E-state index in [4.69, 9.17) is 9.15 Å².